The molecule has 0 heterocycles. The summed E-state index contributed by atoms with van der Waals surface area (Å²) in [5, 5.41) is 0. The fourth-order valence-corrected chi connectivity index (χ4v) is 2.39. The Morgan fingerprint density at radius 1 is 1.26 bits per heavy atom. The zero-order valence-electron chi connectivity index (χ0n) is 10.9. The molecule has 0 unspecified atom stereocenters. The molecule has 0 radical (unpaired) electrons. The van der Waals surface area contributed by atoms with Gasteiger partial charge in [0, 0.05) is 6.54 Å². The summed E-state index contributed by atoms with van der Waals surface area (Å²) >= 11 is 0. The van der Waals surface area contributed by atoms with Crippen LogP contribution in [-0.2, 0) is 19.6 Å². The minimum absolute atomic E-state index is 0.00320. The van der Waals surface area contributed by atoms with Crippen molar-refractivity contribution in [3.63, 3.8) is 0 Å². The third kappa shape index (κ3) is 4.88. The first-order chi connectivity index (χ1) is 8.99. The zero-order valence-corrected chi connectivity index (χ0v) is 11.7. The van der Waals surface area contributed by atoms with E-state index in [0.29, 0.717) is 5.75 Å². The van der Waals surface area contributed by atoms with E-state index in [2.05, 4.69) is 4.72 Å². The van der Waals surface area contributed by atoms with E-state index >= 15 is 0 Å². The number of carbonyl (C=O) groups is 1. The summed E-state index contributed by atoms with van der Waals surface area (Å²) in [6.45, 7) is 1.98. The monoisotopic (exact) mass is 287 g/mol. The molecule has 0 amide bonds. The summed E-state index contributed by atoms with van der Waals surface area (Å²) in [6.07, 6.45) is 0.00320. The molecule has 0 atom stereocenters. The van der Waals surface area contributed by atoms with Crippen LogP contribution in [0.25, 0.3) is 0 Å². The summed E-state index contributed by atoms with van der Waals surface area (Å²) in [7, 11) is -2.11. The summed E-state index contributed by atoms with van der Waals surface area (Å²) < 4.78 is 35.7. The molecule has 1 rings (SSSR count). The van der Waals surface area contributed by atoms with Gasteiger partial charge in [-0.3, -0.25) is 4.79 Å². The van der Waals surface area contributed by atoms with Crippen LogP contribution in [0.15, 0.2) is 29.2 Å². The summed E-state index contributed by atoms with van der Waals surface area (Å²) in [5.41, 5.74) is 0. The highest BCUT2D eigenvalue weighted by molar-refractivity contribution is 7.89. The maximum atomic E-state index is 11.9. The Labute approximate surface area is 112 Å². The van der Waals surface area contributed by atoms with Gasteiger partial charge in [0.15, 0.2) is 0 Å². The third-order valence-electron chi connectivity index (χ3n) is 2.30. The molecule has 0 fully saturated rings. The lowest BCUT2D eigenvalue weighted by Gasteiger charge is -2.07. The molecule has 0 aliphatic carbocycles. The van der Waals surface area contributed by atoms with Crippen LogP contribution in [0.4, 0.5) is 0 Å². The van der Waals surface area contributed by atoms with Gasteiger partial charge >= 0.3 is 5.97 Å². The minimum atomic E-state index is -3.61. The number of hydrogen-bond donors (Lipinski definition) is 1. The summed E-state index contributed by atoms with van der Waals surface area (Å²) in [6, 6.07) is 5.98. The van der Waals surface area contributed by atoms with Crippen molar-refractivity contribution < 1.29 is 22.7 Å². The van der Waals surface area contributed by atoms with Crippen molar-refractivity contribution in [2.24, 2.45) is 0 Å². The summed E-state index contributed by atoms with van der Waals surface area (Å²) in [5.74, 6) is 0.144. The molecule has 1 N–H and O–H groups in total. The topological polar surface area (TPSA) is 81.7 Å². The number of carbonyl (C=O) groups excluding carboxylic acids is 1. The molecule has 19 heavy (non-hydrogen) atoms. The van der Waals surface area contributed by atoms with Crippen molar-refractivity contribution in [1.29, 1.82) is 0 Å². The number of sulfonamides is 1. The Kier molecular flexibility index (Phi) is 5.78. The molecule has 0 bridgehead atoms. The van der Waals surface area contributed by atoms with Crippen molar-refractivity contribution in [3.05, 3.63) is 24.3 Å². The molecular weight excluding hydrogens is 270 g/mol. The van der Waals surface area contributed by atoms with E-state index in [1.807, 2.05) is 0 Å². The Balaban J connectivity index is 2.57. The first-order valence-corrected chi connectivity index (χ1v) is 7.27. The second-order valence-corrected chi connectivity index (χ2v) is 5.40. The van der Waals surface area contributed by atoms with Gasteiger partial charge < -0.3 is 9.47 Å². The highest BCUT2D eigenvalue weighted by Crippen LogP contribution is 2.15. The maximum Gasteiger partial charge on any atom is 0.307 e. The lowest BCUT2D eigenvalue weighted by atomic mass is 10.3. The van der Waals surface area contributed by atoms with Gasteiger partial charge in [0.1, 0.15) is 5.75 Å². The first-order valence-electron chi connectivity index (χ1n) is 5.79. The van der Waals surface area contributed by atoms with Gasteiger partial charge in [-0.25, -0.2) is 13.1 Å². The second kappa shape index (κ2) is 7.10. The number of benzene rings is 1. The largest absolute Gasteiger partial charge is 0.497 e. The van der Waals surface area contributed by atoms with Crippen LogP contribution in [0.3, 0.4) is 0 Å². The fourth-order valence-electron chi connectivity index (χ4n) is 1.36. The van der Waals surface area contributed by atoms with Gasteiger partial charge in [0.25, 0.3) is 0 Å². The zero-order chi connectivity index (χ0) is 14.3. The predicted octanol–water partition coefficient (Wildman–Crippen LogP) is 0.927. The van der Waals surface area contributed by atoms with E-state index < -0.39 is 16.0 Å². The number of hydrogen-bond acceptors (Lipinski definition) is 5. The molecule has 106 valence electrons. The van der Waals surface area contributed by atoms with Gasteiger partial charge in [0.2, 0.25) is 10.0 Å². The first kappa shape index (κ1) is 15.5. The lowest BCUT2D eigenvalue weighted by molar-refractivity contribution is -0.142. The molecular formula is C12H17NO5S. The predicted molar refractivity (Wildman–Crippen MR) is 69.4 cm³/mol. The van der Waals surface area contributed by atoms with Crippen molar-refractivity contribution in [3.8, 4) is 5.75 Å². The normalized spacial score (nSPS) is 11.1. The van der Waals surface area contributed by atoms with Crippen LogP contribution in [0.2, 0.25) is 0 Å². The van der Waals surface area contributed by atoms with Crippen LogP contribution in [0, 0.1) is 0 Å². The maximum absolute atomic E-state index is 11.9. The number of rotatable bonds is 7. The van der Waals surface area contributed by atoms with Gasteiger partial charge in [-0.05, 0) is 31.2 Å². The van der Waals surface area contributed by atoms with Crippen molar-refractivity contribution in [2.75, 3.05) is 20.3 Å². The number of methoxy groups -OCH3 is 1. The molecule has 1 aromatic rings. The quantitative estimate of drug-likeness (QED) is 0.754. The van der Waals surface area contributed by atoms with E-state index in [1.165, 1.54) is 19.2 Å². The van der Waals surface area contributed by atoms with Crippen molar-refractivity contribution in [2.45, 2.75) is 18.2 Å². The van der Waals surface area contributed by atoms with Gasteiger partial charge in [-0.1, -0.05) is 0 Å². The molecule has 6 nitrogen and oxygen atoms in total. The molecule has 7 heteroatoms. The van der Waals surface area contributed by atoms with Crippen LogP contribution >= 0.6 is 0 Å². The smallest absolute Gasteiger partial charge is 0.307 e. The van der Waals surface area contributed by atoms with Crippen molar-refractivity contribution in [1.82, 2.24) is 4.72 Å². The molecule has 0 saturated heterocycles. The molecule has 1 aromatic carbocycles. The fraction of sp³-hybridized carbons (Fsp3) is 0.417. The van der Waals surface area contributed by atoms with E-state index in [-0.39, 0.29) is 24.5 Å². The van der Waals surface area contributed by atoms with E-state index in [9.17, 15) is 13.2 Å². The van der Waals surface area contributed by atoms with Gasteiger partial charge in [0.05, 0.1) is 25.0 Å². The average Bonchev–Trinajstić information content (AvgIpc) is 2.39. The Morgan fingerprint density at radius 2 is 1.89 bits per heavy atom. The lowest BCUT2D eigenvalue weighted by Crippen LogP contribution is -2.26. The second-order valence-electron chi connectivity index (χ2n) is 3.63. The van der Waals surface area contributed by atoms with Crippen molar-refractivity contribution >= 4 is 16.0 Å². The molecule has 0 aliphatic heterocycles. The SMILES string of the molecule is CCOC(=O)CCNS(=O)(=O)c1ccc(OC)cc1. The summed E-state index contributed by atoms with van der Waals surface area (Å²) in [4.78, 5) is 11.2. The Morgan fingerprint density at radius 3 is 2.42 bits per heavy atom. The van der Waals surface area contributed by atoms with Gasteiger partial charge in [-0.15, -0.1) is 0 Å². The molecule has 0 saturated carbocycles. The van der Waals surface area contributed by atoms with Crippen LogP contribution < -0.4 is 9.46 Å². The number of ether oxygens (including phenoxy) is 2. The highest BCUT2D eigenvalue weighted by atomic mass is 32.2. The minimum Gasteiger partial charge on any atom is -0.497 e. The van der Waals surface area contributed by atoms with Crippen LogP contribution in [0.5, 0.6) is 5.75 Å². The van der Waals surface area contributed by atoms with E-state index in [0.717, 1.165) is 0 Å². The number of nitrogens with one attached hydrogen (secondary N) is 1. The number of esters is 1. The van der Waals surface area contributed by atoms with Crippen LogP contribution in [0.1, 0.15) is 13.3 Å². The average molecular weight is 287 g/mol. The van der Waals surface area contributed by atoms with Crippen LogP contribution in [-0.4, -0.2) is 34.6 Å². The molecule has 0 spiro atoms. The van der Waals surface area contributed by atoms with E-state index in [1.54, 1.807) is 19.1 Å². The Bertz CT molecular complexity index is 509. The molecule has 0 aliphatic rings. The molecule has 0 aromatic heterocycles. The Hall–Kier alpha value is -1.60. The third-order valence-corrected chi connectivity index (χ3v) is 3.77. The van der Waals surface area contributed by atoms with Gasteiger partial charge in [-0.2, -0.15) is 0 Å². The standard InChI is InChI=1S/C12H17NO5S/c1-3-18-12(14)8-9-13-19(15,16)11-6-4-10(17-2)5-7-11/h4-7,13H,3,8-9H2,1-2H3. The highest BCUT2D eigenvalue weighted by Gasteiger charge is 2.14. The van der Waals surface area contributed by atoms with E-state index in [4.69, 9.17) is 9.47 Å².